The summed E-state index contributed by atoms with van der Waals surface area (Å²) in [6.07, 6.45) is 4.35. The Labute approximate surface area is 151 Å². The molecule has 5 nitrogen and oxygen atoms in total. The number of oxazole rings is 1. The first kappa shape index (κ1) is 17.3. The van der Waals surface area contributed by atoms with Crippen LogP contribution in [0.15, 0.2) is 33.2 Å². The zero-order valence-corrected chi connectivity index (χ0v) is 15.7. The number of thiophene rings is 1. The van der Waals surface area contributed by atoms with Gasteiger partial charge in [-0.05, 0) is 37.1 Å². The first-order valence-corrected chi connectivity index (χ1v) is 8.23. The average Bonchev–Trinajstić information content (AvgIpc) is 2.98. The lowest BCUT2D eigenvalue weighted by Gasteiger charge is -2.09. The van der Waals surface area contributed by atoms with Gasteiger partial charge >= 0.3 is 0 Å². The summed E-state index contributed by atoms with van der Waals surface area (Å²) in [4.78, 5) is 10.1. The highest BCUT2D eigenvalue weighted by atomic mass is 127. The molecule has 0 bridgehead atoms. The third-order valence-electron chi connectivity index (χ3n) is 3.28. The molecule has 0 aromatic carbocycles. The molecule has 0 unspecified atom stereocenters. The Kier molecular flexibility index (Phi) is 6.69. The molecule has 22 heavy (non-hydrogen) atoms. The third-order valence-corrected chi connectivity index (χ3v) is 4.14. The molecule has 1 aliphatic rings. The molecule has 2 aromatic heterocycles. The van der Waals surface area contributed by atoms with Crippen molar-refractivity contribution in [1.82, 2.24) is 15.6 Å². The summed E-state index contributed by atoms with van der Waals surface area (Å²) >= 11 is 1.62. The first-order valence-electron chi connectivity index (χ1n) is 7.35. The predicted octanol–water partition coefficient (Wildman–Crippen LogP) is 3.49. The first-order chi connectivity index (χ1) is 10.3. The smallest absolute Gasteiger partial charge is 0.236 e. The van der Waals surface area contributed by atoms with E-state index >= 15 is 0 Å². The van der Waals surface area contributed by atoms with Gasteiger partial charge in [0, 0.05) is 13.1 Å². The van der Waals surface area contributed by atoms with Gasteiger partial charge in [-0.25, -0.2) is 9.98 Å². The lowest BCUT2D eigenvalue weighted by atomic mass is 10.4. The van der Waals surface area contributed by atoms with Gasteiger partial charge in [0.05, 0.1) is 11.4 Å². The molecule has 0 amide bonds. The minimum absolute atomic E-state index is 0. The second kappa shape index (κ2) is 8.52. The van der Waals surface area contributed by atoms with Crippen LogP contribution in [0.4, 0.5) is 0 Å². The molecule has 7 heteroatoms. The summed E-state index contributed by atoms with van der Waals surface area (Å²) in [5.41, 5.74) is 0.849. The number of hydrogen-bond acceptors (Lipinski definition) is 4. The molecule has 120 valence electrons. The van der Waals surface area contributed by atoms with Crippen molar-refractivity contribution in [1.29, 1.82) is 0 Å². The van der Waals surface area contributed by atoms with Gasteiger partial charge in [-0.15, -0.1) is 35.3 Å². The summed E-state index contributed by atoms with van der Waals surface area (Å²) in [7, 11) is 0. The zero-order chi connectivity index (χ0) is 14.5. The van der Waals surface area contributed by atoms with E-state index in [9.17, 15) is 0 Å². The molecule has 2 heterocycles. The van der Waals surface area contributed by atoms with Crippen molar-refractivity contribution < 1.29 is 4.42 Å². The lowest BCUT2D eigenvalue weighted by Crippen LogP contribution is -2.38. The Hall–Kier alpha value is -1.09. The van der Waals surface area contributed by atoms with Gasteiger partial charge in [-0.1, -0.05) is 6.07 Å². The lowest BCUT2D eigenvalue weighted by molar-refractivity contribution is 0.574. The number of nitrogens with one attached hydrogen (secondary N) is 2. The molecule has 1 fully saturated rings. The minimum Gasteiger partial charge on any atom is -0.443 e. The van der Waals surface area contributed by atoms with Crippen molar-refractivity contribution in [3.8, 4) is 10.8 Å². The van der Waals surface area contributed by atoms with Crippen molar-refractivity contribution in [3.63, 3.8) is 0 Å². The molecule has 0 aliphatic heterocycles. The average molecular weight is 432 g/mol. The van der Waals surface area contributed by atoms with Crippen LogP contribution in [0.1, 0.15) is 25.5 Å². The summed E-state index contributed by atoms with van der Waals surface area (Å²) in [5.74, 6) is 2.35. The van der Waals surface area contributed by atoms with E-state index in [1.165, 1.54) is 12.8 Å². The molecule has 1 saturated carbocycles. The fourth-order valence-electron chi connectivity index (χ4n) is 1.96. The Morgan fingerprint density at radius 2 is 2.32 bits per heavy atom. The largest absolute Gasteiger partial charge is 0.443 e. The van der Waals surface area contributed by atoms with Gasteiger partial charge in [-0.2, -0.15) is 0 Å². The van der Waals surface area contributed by atoms with E-state index in [1.807, 2.05) is 17.5 Å². The third kappa shape index (κ3) is 4.98. The van der Waals surface area contributed by atoms with Crippen molar-refractivity contribution in [3.05, 3.63) is 29.5 Å². The summed E-state index contributed by atoms with van der Waals surface area (Å²) in [6.45, 7) is 4.45. The molecule has 2 N–H and O–H groups in total. The molecule has 2 aromatic rings. The van der Waals surface area contributed by atoms with Crippen molar-refractivity contribution in [2.75, 3.05) is 13.1 Å². The number of guanidine groups is 1. The molecule has 0 saturated heterocycles. The van der Waals surface area contributed by atoms with E-state index in [-0.39, 0.29) is 24.0 Å². The Morgan fingerprint density at radius 3 is 3.00 bits per heavy atom. The van der Waals surface area contributed by atoms with Crippen LogP contribution in [0, 0.1) is 5.92 Å². The van der Waals surface area contributed by atoms with Crippen LogP contribution >= 0.6 is 35.3 Å². The fraction of sp³-hybridized carbons (Fsp3) is 0.467. The van der Waals surface area contributed by atoms with Crippen molar-refractivity contribution in [2.24, 2.45) is 10.9 Å². The summed E-state index contributed by atoms with van der Waals surface area (Å²) < 4.78 is 5.50. The fourth-order valence-corrected chi connectivity index (χ4v) is 2.61. The van der Waals surface area contributed by atoms with Gasteiger partial charge < -0.3 is 15.1 Å². The number of aromatic nitrogens is 1. The van der Waals surface area contributed by atoms with E-state index in [0.717, 1.165) is 35.5 Å². The topological polar surface area (TPSA) is 62.5 Å². The SMILES string of the molecule is CCNC(=NCc1coc(-c2cccs2)n1)NCC1CC1.I. The van der Waals surface area contributed by atoms with Gasteiger partial charge in [0.15, 0.2) is 5.96 Å². The highest BCUT2D eigenvalue weighted by Crippen LogP contribution is 2.27. The molecule has 1 aliphatic carbocycles. The Morgan fingerprint density at radius 1 is 1.45 bits per heavy atom. The molecular formula is C15H21IN4OS. The Balaban J connectivity index is 0.00000176. The summed E-state index contributed by atoms with van der Waals surface area (Å²) in [5, 5.41) is 8.64. The van der Waals surface area contributed by atoms with E-state index in [2.05, 4.69) is 27.5 Å². The van der Waals surface area contributed by atoms with Gasteiger partial charge in [0.2, 0.25) is 5.89 Å². The van der Waals surface area contributed by atoms with Crippen LogP contribution in [-0.4, -0.2) is 24.0 Å². The Bertz CT molecular complexity index is 592. The monoisotopic (exact) mass is 432 g/mol. The van der Waals surface area contributed by atoms with Crippen LogP contribution in [-0.2, 0) is 6.54 Å². The minimum atomic E-state index is 0. The quantitative estimate of drug-likeness (QED) is 0.417. The van der Waals surface area contributed by atoms with E-state index in [1.54, 1.807) is 17.6 Å². The number of halogens is 1. The molecule has 0 spiro atoms. The van der Waals surface area contributed by atoms with Gasteiger partial charge in [-0.3, -0.25) is 0 Å². The van der Waals surface area contributed by atoms with Crippen LogP contribution < -0.4 is 10.6 Å². The molecule has 0 radical (unpaired) electrons. The maximum Gasteiger partial charge on any atom is 0.236 e. The van der Waals surface area contributed by atoms with Gasteiger partial charge in [0.25, 0.3) is 0 Å². The number of rotatable bonds is 6. The van der Waals surface area contributed by atoms with E-state index in [0.29, 0.717) is 12.4 Å². The molecule has 3 rings (SSSR count). The molecule has 0 atom stereocenters. The van der Waals surface area contributed by atoms with E-state index in [4.69, 9.17) is 4.42 Å². The van der Waals surface area contributed by atoms with Crippen LogP contribution in [0.3, 0.4) is 0 Å². The number of aliphatic imine (C=N–C) groups is 1. The van der Waals surface area contributed by atoms with Crippen LogP contribution in [0.2, 0.25) is 0 Å². The van der Waals surface area contributed by atoms with Crippen LogP contribution in [0.25, 0.3) is 10.8 Å². The highest BCUT2D eigenvalue weighted by molar-refractivity contribution is 14.0. The second-order valence-electron chi connectivity index (χ2n) is 5.14. The number of hydrogen-bond donors (Lipinski definition) is 2. The van der Waals surface area contributed by atoms with E-state index < -0.39 is 0 Å². The maximum atomic E-state index is 5.50. The maximum absolute atomic E-state index is 5.50. The second-order valence-corrected chi connectivity index (χ2v) is 6.09. The zero-order valence-electron chi connectivity index (χ0n) is 12.5. The summed E-state index contributed by atoms with van der Waals surface area (Å²) in [6, 6.07) is 4.00. The van der Waals surface area contributed by atoms with Gasteiger partial charge in [0.1, 0.15) is 12.0 Å². The highest BCUT2D eigenvalue weighted by Gasteiger charge is 2.21. The normalized spacial score (nSPS) is 14.5. The predicted molar refractivity (Wildman–Crippen MR) is 101 cm³/mol. The van der Waals surface area contributed by atoms with Crippen LogP contribution in [0.5, 0.6) is 0 Å². The van der Waals surface area contributed by atoms with Crippen molar-refractivity contribution >= 4 is 41.3 Å². The molecular weight excluding hydrogens is 411 g/mol. The number of nitrogens with zero attached hydrogens (tertiary/aromatic N) is 2. The van der Waals surface area contributed by atoms with Crippen molar-refractivity contribution in [2.45, 2.75) is 26.3 Å². The standard InChI is InChI=1S/C15H20N4OS.HI/c1-2-16-15(17-8-11-5-6-11)18-9-12-10-20-14(19-12)13-4-3-7-21-13;/h3-4,7,10-11H,2,5-6,8-9H2,1H3,(H2,16,17,18);1H.